The summed E-state index contributed by atoms with van der Waals surface area (Å²) >= 11 is 0. The molecule has 0 radical (unpaired) electrons. The van der Waals surface area contributed by atoms with E-state index in [9.17, 15) is 8.42 Å². The lowest BCUT2D eigenvalue weighted by Gasteiger charge is -2.22. The molecule has 0 spiro atoms. The Morgan fingerprint density at radius 2 is 1.93 bits per heavy atom. The van der Waals surface area contributed by atoms with E-state index < -0.39 is 10.0 Å². The third kappa shape index (κ3) is 3.82. The fourth-order valence-corrected chi connectivity index (χ4v) is 5.12. The molecule has 2 heterocycles. The molecule has 0 amide bonds. The summed E-state index contributed by atoms with van der Waals surface area (Å²) < 4.78 is 44.1. The topological polar surface area (TPSA) is 90.7 Å². The minimum absolute atomic E-state index is 0.143. The van der Waals surface area contributed by atoms with E-state index in [2.05, 4.69) is 15.9 Å². The van der Waals surface area contributed by atoms with E-state index in [0.717, 1.165) is 17.9 Å². The van der Waals surface area contributed by atoms with Crippen LogP contribution in [0.5, 0.6) is 11.5 Å². The molecule has 1 aromatic carbocycles. The van der Waals surface area contributed by atoms with E-state index in [4.69, 9.17) is 14.0 Å². The summed E-state index contributed by atoms with van der Waals surface area (Å²) in [5.41, 5.74) is 1.56. The van der Waals surface area contributed by atoms with Crippen LogP contribution in [0, 0.1) is 19.8 Å². The molecular weight excluding hydrogens is 368 g/mol. The first-order valence-electron chi connectivity index (χ1n) is 9.28. The fraction of sp³-hybridized carbons (Fsp3) is 0.526. The zero-order valence-electron chi connectivity index (χ0n) is 15.5. The van der Waals surface area contributed by atoms with E-state index in [1.54, 1.807) is 13.8 Å². The SMILES string of the molecule is Cc1noc(C)c1S(=O)(=O)NCCC(c1ccc2c(c1)OCCO2)C1CC1. The number of nitrogens with zero attached hydrogens (tertiary/aromatic N) is 1. The normalized spacial score (nSPS) is 17.7. The van der Waals surface area contributed by atoms with Crippen LogP contribution >= 0.6 is 0 Å². The lowest BCUT2D eigenvalue weighted by molar-refractivity contribution is 0.171. The summed E-state index contributed by atoms with van der Waals surface area (Å²) in [6.07, 6.45) is 3.08. The third-order valence-corrected chi connectivity index (χ3v) is 6.87. The van der Waals surface area contributed by atoms with E-state index >= 15 is 0 Å². The second kappa shape index (κ2) is 7.16. The lowest BCUT2D eigenvalue weighted by Crippen LogP contribution is -2.27. The van der Waals surface area contributed by atoms with Crippen molar-refractivity contribution in [2.45, 2.75) is 43.9 Å². The first-order chi connectivity index (χ1) is 13.0. The number of ether oxygens (including phenoxy) is 2. The Hall–Kier alpha value is -2.06. The summed E-state index contributed by atoms with van der Waals surface area (Å²) in [5.74, 6) is 2.76. The Labute approximate surface area is 159 Å². The highest BCUT2D eigenvalue weighted by molar-refractivity contribution is 7.89. The molecule has 0 bridgehead atoms. The van der Waals surface area contributed by atoms with Gasteiger partial charge in [0.05, 0.1) is 0 Å². The van der Waals surface area contributed by atoms with Gasteiger partial charge in [0.2, 0.25) is 10.0 Å². The van der Waals surface area contributed by atoms with Gasteiger partial charge < -0.3 is 14.0 Å². The molecular formula is C19H24N2O5S. The molecule has 4 rings (SSSR count). The third-order valence-electron chi connectivity index (χ3n) is 5.17. The fourth-order valence-electron chi connectivity index (χ4n) is 3.74. The van der Waals surface area contributed by atoms with E-state index in [0.29, 0.717) is 43.0 Å². The van der Waals surface area contributed by atoms with Crippen molar-refractivity contribution in [2.75, 3.05) is 19.8 Å². The Kier molecular flexibility index (Phi) is 4.86. The van der Waals surface area contributed by atoms with Gasteiger partial charge in [-0.2, -0.15) is 0 Å². The molecule has 1 aliphatic carbocycles. The molecule has 1 atom stereocenters. The van der Waals surface area contributed by atoms with Crippen LogP contribution in [0.1, 0.15) is 42.2 Å². The van der Waals surface area contributed by atoms with Crippen molar-refractivity contribution < 1.29 is 22.4 Å². The average molecular weight is 392 g/mol. The van der Waals surface area contributed by atoms with Crippen LogP contribution in [0.2, 0.25) is 0 Å². The molecule has 1 fully saturated rings. The average Bonchev–Trinajstić information content (AvgIpc) is 3.42. The molecule has 8 heteroatoms. The van der Waals surface area contributed by atoms with Crippen molar-refractivity contribution in [2.24, 2.45) is 5.92 Å². The minimum Gasteiger partial charge on any atom is -0.486 e. The minimum atomic E-state index is -3.63. The summed E-state index contributed by atoms with van der Waals surface area (Å²) in [5, 5.41) is 3.73. The van der Waals surface area contributed by atoms with Gasteiger partial charge in [-0.25, -0.2) is 13.1 Å². The number of rotatable bonds is 7. The largest absolute Gasteiger partial charge is 0.486 e. The predicted molar refractivity (Wildman–Crippen MR) is 98.7 cm³/mol. The quantitative estimate of drug-likeness (QED) is 0.779. The van der Waals surface area contributed by atoms with Gasteiger partial charge in [-0.3, -0.25) is 0 Å². The molecule has 1 aliphatic heterocycles. The Balaban J connectivity index is 1.46. The Bertz CT molecular complexity index is 914. The standard InChI is InChI=1S/C19H24N2O5S/c1-12-19(13(2)26-21-12)27(22,23)20-8-7-16(14-3-4-14)15-5-6-17-18(11-15)25-10-9-24-17/h5-6,11,14,16,20H,3-4,7-10H2,1-2H3. The van der Waals surface area contributed by atoms with Crippen LogP contribution in [-0.4, -0.2) is 33.3 Å². The molecule has 27 heavy (non-hydrogen) atoms. The summed E-state index contributed by atoms with van der Waals surface area (Å²) in [6.45, 7) is 4.73. The van der Waals surface area contributed by atoms with E-state index in [1.165, 1.54) is 18.4 Å². The van der Waals surface area contributed by atoms with Crippen molar-refractivity contribution in [3.8, 4) is 11.5 Å². The van der Waals surface area contributed by atoms with Gasteiger partial charge in [0.1, 0.15) is 23.8 Å². The molecule has 146 valence electrons. The molecule has 7 nitrogen and oxygen atoms in total. The molecule has 1 N–H and O–H groups in total. The van der Waals surface area contributed by atoms with Gasteiger partial charge in [-0.1, -0.05) is 11.2 Å². The second-order valence-corrected chi connectivity index (χ2v) is 8.89. The number of nitrogens with one attached hydrogen (secondary N) is 1. The Morgan fingerprint density at radius 3 is 2.59 bits per heavy atom. The predicted octanol–water partition coefficient (Wildman–Crippen LogP) is 2.92. The van der Waals surface area contributed by atoms with Crippen LogP contribution in [0.4, 0.5) is 0 Å². The van der Waals surface area contributed by atoms with Crippen LogP contribution in [0.15, 0.2) is 27.6 Å². The molecule has 1 aromatic heterocycles. The maximum Gasteiger partial charge on any atom is 0.245 e. The highest BCUT2D eigenvalue weighted by Gasteiger charge is 2.33. The molecule has 0 saturated heterocycles. The van der Waals surface area contributed by atoms with Gasteiger partial charge in [0.25, 0.3) is 0 Å². The molecule has 1 unspecified atom stereocenters. The number of aromatic nitrogens is 1. The van der Waals surface area contributed by atoms with Crippen molar-refractivity contribution in [1.29, 1.82) is 0 Å². The zero-order chi connectivity index (χ0) is 19.0. The lowest BCUT2D eigenvalue weighted by atomic mass is 9.91. The first-order valence-corrected chi connectivity index (χ1v) is 10.8. The number of sulfonamides is 1. The maximum absolute atomic E-state index is 12.6. The summed E-state index contributed by atoms with van der Waals surface area (Å²) in [7, 11) is -3.63. The van der Waals surface area contributed by atoms with Crippen LogP contribution < -0.4 is 14.2 Å². The molecule has 1 saturated carbocycles. The molecule has 2 aliphatic rings. The monoisotopic (exact) mass is 392 g/mol. The summed E-state index contributed by atoms with van der Waals surface area (Å²) in [6, 6.07) is 6.06. The number of hydrogen-bond donors (Lipinski definition) is 1. The van der Waals surface area contributed by atoms with E-state index in [1.807, 2.05) is 12.1 Å². The van der Waals surface area contributed by atoms with Gasteiger partial charge in [0, 0.05) is 6.54 Å². The number of hydrogen-bond acceptors (Lipinski definition) is 6. The second-order valence-electron chi connectivity index (χ2n) is 7.19. The van der Waals surface area contributed by atoms with Crippen LogP contribution in [0.25, 0.3) is 0 Å². The zero-order valence-corrected chi connectivity index (χ0v) is 16.3. The number of fused-ring (bicyclic) bond motifs is 1. The van der Waals surface area contributed by atoms with Crippen LogP contribution in [0.3, 0.4) is 0 Å². The van der Waals surface area contributed by atoms with Crippen molar-refractivity contribution >= 4 is 10.0 Å². The number of benzene rings is 1. The molecule has 2 aromatic rings. The van der Waals surface area contributed by atoms with Crippen molar-refractivity contribution in [1.82, 2.24) is 9.88 Å². The first kappa shape index (κ1) is 18.3. The van der Waals surface area contributed by atoms with Crippen molar-refractivity contribution in [3.63, 3.8) is 0 Å². The smallest absolute Gasteiger partial charge is 0.245 e. The van der Waals surface area contributed by atoms with Gasteiger partial charge in [0.15, 0.2) is 17.3 Å². The Morgan fingerprint density at radius 1 is 1.19 bits per heavy atom. The van der Waals surface area contributed by atoms with E-state index in [-0.39, 0.29) is 4.90 Å². The number of aryl methyl sites for hydroxylation is 2. The van der Waals surface area contributed by atoms with Crippen molar-refractivity contribution in [3.05, 3.63) is 35.2 Å². The maximum atomic E-state index is 12.6. The van der Waals surface area contributed by atoms with Crippen LogP contribution in [-0.2, 0) is 10.0 Å². The highest BCUT2D eigenvalue weighted by Crippen LogP contribution is 2.46. The van der Waals surface area contributed by atoms with Gasteiger partial charge in [-0.15, -0.1) is 0 Å². The highest BCUT2D eigenvalue weighted by atomic mass is 32.2. The van der Waals surface area contributed by atoms with Gasteiger partial charge in [-0.05, 0) is 62.6 Å². The van der Waals surface area contributed by atoms with Gasteiger partial charge >= 0.3 is 0 Å². The summed E-state index contributed by atoms with van der Waals surface area (Å²) in [4.78, 5) is 0.143.